The molecule has 3 rings (SSSR count). The summed E-state index contributed by atoms with van der Waals surface area (Å²) in [7, 11) is 0. The Morgan fingerprint density at radius 2 is 2.18 bits per heavy atom. The van der Waals surface area contributed by atoms with Crippen LogP contribution in [0.25, 0.3) is 21.5 Å². The van der Waals surface area contributed by atoms with Crippen molar-refractivity contribution in [1.82, 2.24) is 4.98 Å². The Hall–Kier alpha value is -2.14. The third kappa shape index (κ3) is 1.70. The minimum atomic E-state index is 0.317. The number of furan rings is 1. The van der Waals surface area contributed by atoms with Gasteiger partial charge in [-0.15, -0.1) is 0 Å². The highest BCUT2D eigenvalue weighted by atomic mass is 32.1. The van der Waals surface area contributed by atoms with Gasteiger partial charge >= 0.3 is 0 Å². The van der Waals surface area contributed by atoms with E-state index in [0.29, 0.717) is 22.9 Å². The van der Waals surface area contributed by atoms with Crippen LogP contribution in [0.3, 0.4) is 0 Å². The largest absolute Gasteiger partial charge is 0.453 e. The molecule has 0 fully saturated rings. The fraction of sp³-hybridized carbons (Fsp3) is 0. The van der Waals surface area contributed by atoms with Gasteiger partial charge in [-0.05, 0) is 30.3 Å². The van der Waals surface area contributed by atoms with Crippen molar-refractivity contribution < 1.29 is 9.21 Å². The number of hydrogen-bond donors (Lipinski definition) is 1. The van der Waals surface area contributed by atoms with Crippen molar-refractivity contribution in [2.45, 2.75) is 0 Å². The molecule has 0 unspecified atom stereocenters. The first-order valence-electron chi connectivity index (χ1n) is 4.98. The van der Waals surface area contributed by atoms with Crippen LogP contribution in [-0.4, -0.2) is 11.3 Å². The van der Waals surface area contributed by atoms with E-state index in [1.54, 1.807) is 12.1 Å². The first-order chi connectivity index (χ1) is 8.26. The SMILES string of the molecule is Nc1nc2cc(-c3ccc(C=O)o3)ccc2s1. The molecule has 0 radical (unpaired) electrons. The van der Waals surface area contributed by atoms with Crippen molar-refractivity contribution in [2.24, 2.45) is 0 Å². The molecule has 0 aliphatic heterocycles. The minimum absolute atomic E-state index is 0.317. The van der Waals surface area contributed by atoms with Gasteiger partial charge in [0.2, 0.25) is 0 Å². The normalized spacial score (nSPS) is 10.8. The lowest BCUT2D eigenvalue weighted by Crippen LogP contribution is -1.79. The molecule has 0 aliphatic rings. The van der Waals surface area contributed by atoms with Crippen LogP contribution in [-0.2, 0) is 0 Å². The first kappa shape index (κ1) is 10.0. The Morgan fingerprint density at radius 1 is 1.29 bits per heavy atom. The number of carbonyl (C=O) groups excluding carboxylic acids is 1. The molecule has 4 nitrogen and oxygen atoms in total. The van der Waals surface area contributed by atoms with Crippen LogP contribution in [0.2, 0.25) is 0 Å². The second-order valence-electron chi connectivity index (χ2n) is 3.55. The molecule has 2 N–H and O–H groups in total. The van der Waals surface area contributed by atoms with Crippen molar-refractivity contribution in [2.75, 3.05) is 5.73 Å². The van der Waals surface area contributed by atoms with E-state index >= 15 is 0 Å². The van der Waals surface area contributed by atoms with Gasteiger partial charge in [-0.2, -0.15) is 0 Å². The highest BCUT2D eigenvalue weighted by Crippen LogP contribution is 2.29. The Labute approximate surface area is 101 Å². The number of rotatable bonds is 2. The van der Waals surface area contributed by atoms with Crippen LogP contribution < -0.4 is 5.73 Å². The van der Waals surface area contributed by atoms with Crippen molar-refractivity contribution in [3.63, 3.8) is 0 Å². The second-order valence-corrected chi connectivity index (χ2v) is 4.62. The van der Waals surface area contributed by atoms with Gasteiger partial charge in [-0.3, -0.25) is 4.79 Å². The van der Waals surface area contributed by atoms with E-state index in [4.69, 9.17) is 10.2 Å². The maximum atomic E-state index is 10.5. The topological polar surface area (TPSA) is 69.1 Å². The molecule has 2 heterocycles. The Bertz CT molecular complexity index is 699. The molecule has 0 atom stereocenters. The molecule has 0 amide bonds. The molecule has 84 valence electrons. The number of fused-ring (bicyclic) bond motifs is 1. The summed E-state index contributed by atoms with van der Waals surface area (Å²) in [6.07, 6.45) is 0.683. The maximum Gasteiger partial charge on any atom is 0.185 e. The molecule has 0 spiro atoms. The monoisotopic (exact) mass is 244 g/mol. The Morgan fingerprint density at radius 3 is 2.94 bits per heavy atom. The van der Waals surface area contributed by atoms with E-state index < -0.39 is 0 Å². The average molecular weight is 244 g/mol. The summed E-state index contributed by atoms with van der Waals surface area (Å²) in [6.45, 7) is 0. The van der Waals surface area contributed by atoms with E-state index in [9.17, 15) is 4.79 Å². The van der Waals surface area contributed by atoms with E-state index in [0.717, 1.165) is 15.8 Å². The summed E-state index contributed by atoms with van der Waals surface area (Å²) in [5.41, 5.74) is 7.37. The summed E-state index contributed by atoms with van der Waals surface area (Å²) in [6, 6.07) is 9.17. The molecule has 3 aromatic rings. The molecular weight excluding hydrogens is 236 g/mol. The zero-order valence-corrected chi connectivity index (χ0v) is 9.53. The number of carbonyl (C=O) groups is 1. The van der Waals surface area contributed by atoms with Crippen LogP contribution in [0.1, 0.15) is 10.6 Å². The van der Waals surface area contributed by atoms with Gasteiger partial charge in [0.05, 0.1) is 10.2 Å². The van der Waals surface area contributed by atoms with Crippen LogP contribution in [0, 0.1) is 0 Å². The van der Waals surface area contributed by atoms with Crippen LogP contribution in [0.4, 0.5) is 5.13 Å². The number of nitrogens with zero attached hydrogens (tertiary/aromatic N) is 1. The number of anilines is 1. The summed E-state index contributed by atoms with van der Waals surface area (Å²) in [5.74, 6) is 0.971. The molecule has 17 heavy (non-hydrogen) atoms. The van der Waals surface area contributed by atoms with Gasteiger partial charge in [-0.25, -0.2) is 4.98 Å². The molecule has 0 aliphatic carbocycles. The number of aldehydes is 1. The minimum Gasteiger partial charge on any atom is -0.453 e. The number of benzene rings is 1. The smallest absolute Gasteiger partial charge is 0.185 e. The van der Waals surface area contributed by atoms with Crippen molar-refractivity contribution in [1.29, 1.82) is 0 Å². The average Bonchev–Trinajstić information content (AvgIpc) is 2.92. The number of hydrogen-bond acceptors (Lipinski definition) is 5. The van der Waals surface area contributed by atoms with Gasteiger partial charge in [-0.1, -0.05) is 11.3 Å². The lowest BCUT2D eigenvalue weighted by atomic mass is 10.1. The maximum absolute atomic E-state index is 10.5. The van der Waals surface area contributed by atoms with E-state index in [-0.39, 0.29) is 0 Å². The predicted octanol–water partition coefficient (Wildman–Crippen LogP) is 2.95. The Kier molecular flexibility index (Phi) is 2.19. The van der Waals surface area contributed by atoms with Crippen LogP contribution in [0.15, 0.2) is 34.7 Å². The summed E-state index contributed by atoms with van der Waals surface area (Å²) in [5, 5.41) is 0.546. The van der Waals surface area contributed by atoms with Crippen molar-refractivity contribution in [3.05, 3.63) is 36.1 Å². The van der Waals surface area contributed by atoms with Crippen molar-refractivity contribution >= 4 is 33.0 Å². The first-order valence-corrected chi connectivity index (χ1v) is 5.79. The standard InChI is InChI=1S/C12H8N2O2S/c13-12-14-9-5-7(1-4-11(9)17-12)10-3-2-8(6-15)16-10/h1-6H,(H2,13,14). The van der Waals surface area contributed by atoms with E-state index in [1.807, 2.05) is 18.2 Å². The predicted molar refractivity (Wildman–Crippen MR) is 67.1 cm³/mol. The third-order valence-electron chi connectivity index (χ3n) is 2.43. The zero-order valence-electron chi connectivity index (χ0n) is 8.71. The van der Waals surface area contributed by atoms with Crippen LogP contribution >= 0.6 is 11.3 Å². The van der Waals surface area contributed by atoms with Crippen molar-refractivity contribution in [3.8, 4) is 11.3 Å². The molecule has 0 bridgehead atoms. The van der Waals surface area contributed by atoms with Gasteiger partial charge < -0.3 is 10.2 Å². The molecule has 0 saturated carbocycles. The summed E-state index contributed by atoms with van der Waals surface area (Å²) >= 11 is 1.45. The molecule has 1 aromatic carbocycles. The fourth-order valence-electron chi connectivity index (χ4n) is 1.67. The second kappa shape index (κ2) is 3.71. The number of nitrogens with two attached hydrogens (primary N) is 1. The fourth-order valence-corrected chi connectivity index (χ4v) is 2.38. The van der Waals surface area contributed by atoms with Gasteiger partial charge in [0.1, 0.15) is 5.76 Å². The number of nitrogen functional groups attached to an aromatic ring is 1. The highest BCUT2D eigenvalue weighted by molar-refractivity contribution is 7.22. The number of thiazole rings is 1. The lowest BCUT2D eigenvalue weighted by Gasteiger charge is -1.95. The summed E-state index contributed by atoms with van der Waals surface area (Å²) < 4.78 is 6.39. The lowest BCUT2D eigenvalue weighted by molar-refractivity contribution is 0.110. The van der Waals surface area contributed by atoms with E-state index in [1.165, 1.54) is 11.3 Å². The third-order valence-corrected chi connectivity index (χ3v) is 3.30. The quantitative estimate of drug-likeness (QED) is 0.703. The van der Waals surface area contributed by atoms with Gasteiger partial charge in [0, 0.05) is 5.56 Å². The zero-order chi connectivity index (χ0) is 11.8. The molecular formula is C12H8N2O2S. The molecule has 2 aromatic heterocycles. The molecule has 0 saturated heterocycles. The van der Waals surface area contributed by atoms with Gasteiger partial charge in [0.15, 0.2) is 17.2 Å². The van der Waals surface area contributed by atoms with Crippen LogP contribution in [0.5, 0.6) is 0 Å². The van der Waals surface area contributed by atoms with Gasteiger partial charge in [0.25, 0.3) is 0 Å². The Balaban J connectivity index is 2.13. The summed E-state index contributed by atoms with van der Waals surface area (Å²) in [4.78, 5) is 14.8. The molecule has 5 heteroatoms. The number of aromatic nitrogens is 1. The highest BCUT2D eigenvalue weighted by Gasteiger charge is 2.07. The van der Waals surface area contributed by atoms with E-state index in [2.05, 4.69) is 4.98 Å².